The highest BCUT2D eigenvalue weighted by Crippen LogP contribution is 2.21. The van der Waals surface area contributed by atoms with Crippen molar-refractivity contribution in [1.29, 1.82) is 0 Å². The van der Waals surface area contributed by atoms with E-state index in [-0.39, 0.29) is 5.82 Å². The average molecular weight is 213 g/mol. The van der Waals surface area contributed by atoms with E-state index in [2.05, 4.69) is 10.3 Å². The summed E-state index contributed by atoms with van der Waals surface area (Å²) in [7, 11) is 0. The second-order valence-corrected chi connectivity index (χ2v) is 3.48. The van der Waals surface area contributed by atoms with Crippen LogP contribution in [-0.4, -0.2) is 14.8 Å². The Morgan fingerprint density at radius 1 is 1.00 bits per heavy atom. The molecule has 1 aromatic carbocycles. The predicted molar refractivity (Wildman–Crippen MR) is 58.4 cm³/mol. The molecule has 0 radical (unpaired) electrons. The Hall–Kier alpha value is -2.23. The minimum absolute atomic E-state index is 0.322. The highest BCUT2D eigenvalue weighted by Gasteiger charge is 2.07. The summed E-state index contributed by atoms with van der Waals surface area (Å²) < 4.78 is 14.4. The fourth-order valence-electron chi connectivity index (χ4n) is 1.67. The van der Waals surface area contributed by atoms with Gasteiger partial charge in [0.25, 0.3) is 0 Å². The molecular weight excluding hydrogens is 205 g/mol. The van der Waals surface area contributed by atoms with Crippen molar-refractivity contribution in [3.05, 3.63) is 54.5 Å². The molecule has 0 unspecified atom stereocenters. The monoisotopic (exact) mass is 213 g/mol. The number of hydrogen-bond donors (Lipinski definition) is 0. The number of aromatic nitrogens is 3. The van der Waals surface area contributed by atoms with Gasteiger partial charge in [0, 0.05) is 5.56 Å². The summed E-state index contributed by atoms with van der Waals surface area (Å²) in [4.78, 5) is 0. The summed E-state index contributed by atoms with van der Waals surface area (Å²) in [6, 6.07) is 12.8. The number of halogens is 1. The van der Waals surface area contributed by atoms with Gasteiger partial charge in [0.05, 0.1) is 11.7 Å². The zero-order valence-corrected chi connectivity index (χ0v) is 8.34. The number of benzene rings is 1. The number of pyridine rings is 1. The van der Waals surface area contributed by atoms with E-state index in [9.17, 15) is 4.39 Å². The highest BCUT2D eigenvalue weighted by molar-refractivity contribution is 5.75. The van der Waals surface area contributed by atoms with E-state index in [4.69, 9.17) is 0 Å². The molecule has 0 saturated carbocycles. The van der Waals surface area contributed by atoms with Crippen LogP contribution in [0, 0.1) is 5.82 Å². The molecule has 3 nitrogen and oxygen atoms in total. The van der Waals surface area contributed by atoms with Crippen LogP contribution in [0.4, 0.5) is 4.39 Å². The summed E-state index contributed by atoms with van der Waals surface area (Å²) in [5, 5.41) is 7.94. The van der Waals surface area contributed by atoms with E-state index < -0.39 is 0 Å². The summed E-state index contributed by atoms with van der Waals surface area (Å²) in [6.45, 7) is 0. The molecule has 2 heterocycles. The van der Waals surface area contributed by atoms with E-state index in [1.165, 1.54) is 16.8 Å². The maximum atomic E-state index is 13.0. The molecular formula is C12H8FN3. The van der Waals surface area contributed by atoms with Gasteiger partial charge in [0.1, 0.15) is 11.5 Å². The Morgan fingerprint density at radius 2 is 1.81 bits per heavy atom. The van der Waals surface area contributed by atoms with Crippen molar-refractivity contribution in [3.8, 4) is 11.3 Å². The van der Waals surface area contributed by atoms with E-state index >= 15 is 0 Å². The van der Waals surface area contributed by atoms with Gasteiger partial charge in [0.2, 0.25) is 0 Å². The molecule has 3 aromatic rings. The Bertz CT molecular complexity index is 631. The van der Waals surface area contributed by atoms with Crippen LogP contribution in [0.5, 0.6) is 0 Å². The maximum absolute atomic E-state index is 13.0. The molecule has 4 heteroatoms. The smallest absolute Gasteiger partial charge is 0.141 e. The van der Waals surface area contributed by atoms with E-state index in [0.29, 0.717) is 0 Å². The molecule has 0 bridgehead atoms. The normalized spacial score (nSPS) is 10.8. The molecule has 0 saturated heterocycles. The molecule has 0 fully saturated rings. The number of nitrogens with zero attached hydrogens (tertiary/aromatic N) is 3. The van der Waals surface area contributed by atoms with Crippen LogP contribution in [0.3, 0.4) is 0 Å². The molecule has 0 amide bonds. The zero-order chi connectivity index (χ0) is 11.0. The molecule has 0 N–H and O–H groups in total. The SMILES string of the molecule is Fc1ccc2c(-c3ccccc3)nnn2c1. The second kappa shape index (κ2) is 3.41. The van der Waals surface area contributed by atoms with Crippen LogP contribution >= 0.6 is 0 Å². The van der Waals surface area contributed by atoms with Crippen LogP contribution < -0.4 is 0 Å². The first-order valence-electron chi connectivity index (χ1n) is 4.90. The predicted octanol–water partition coefficient (Wildman–Crippen LogP) is 2.54. The van der Waals surface area contributed by atoms with Gasteiger partial charge in [0.15, 0.2) is 0 Å². The van der Waals surface area contributed by atoms with Crippen molar-refractivity contribution in [1.82, 2.24) is 14.8 Å². The molecule has 16 heavy (non-hydrogen) atoms. The van der Waals surface area contributed by atoms with E-state index in [1.807, 2.05) is 30.3 Å². The minimum Gasteiger partial charge on any atom is -0.217 e. The van der Waals surface area contributed by atoms with Crippen molar-refractivity contribution in [3.63, 3.8) is 0 Å². The lowest BCUT2D eigenvalue weighted by Crippen LogP contribution is -1.87. The second-order valence-electron chi connectivity index (χ2n) is 3.48. The molecule has 2 aromatic heterocycles. The molecule has 0 spiro atoms. The molecule has 78 valence electrons. The Labute approximate surface area is 91.1 Å². The van der Waals surface area contributed by atoms with Gasteiger partial charge in [-0.25, -0.2) is 8.91 Å². The van der Waals surface area contributed by atoms with Gasteiger partial charge in [-0.3, -0.25) is 0 Å². The van der Waals surface area contributed by atoms with Gasteiger partial charge >= 0.3 is 0 Å². The van der Waals surface area contributed by atoms with Gasteiger partial charge in [-0.1, -0.05) is 35.5 Å². The summed E-state index contributed by atoms with van der Waals surface area (Å²) in [5.41, 5.74) is 2.54. The number of hydrogen-bond acceptors (Lipinski definition) is 2. The molecule has 0 aliphatic rings. The molecule has 0 atom stereocenters. The van der Waals surface area contributed by atoms with Crippen LogP contribution in [0.2, 0.25) is 0 Å². The van der Waals surface area contributed by atoms with Gasteiger partial charge < -0.3 is 0 Å². The van der Waals surface area contributed by atoms with Crippen molar-refractivity contribution < 1.29 is 4.39 Å². The molecule has 3 rings (SSSR count). The highest BCUT2D eigenvalue weighted by atomic mass is 19.1. The standard InChI is InChI=1S/C12H8FN3/c13-10-6-7-11-12(14-15-16(11)8-10)9-4-2-1-3-5-9/h1-8H. The third kappa shape index (κ3) is 1.35. The topological polar surface area (TPSA) is 30.2 Å². The number of rotatable bonds is 1. The molecule has 0 aliphatic carbocycles. The molecule has 0 aliphatic heterocycles. The maximum Gasteiger partial charge on any atom is 0.141 e. The largest absolute Gasteiger partial charge is 0.217 e. The van der Waals surface area contributed by atoms with Crippen LogP contribution in [0.25, 0.3) is 16.8 Å². The lowest BCUT2D eigenvalue weighted by atomic mass is 10.1. The van der Waals surface area contributed by atoms with Crippen molar-refractivity contribution in [2.75, 3.05) is 0 Å². The van der Waals surface area contributed by atoms with E-state index in [1.54, 1.807) is 6.07 Å². The fraction of sp³-hybridized carbons (Fsp3) is 0. The first-order valence-corrected chi connectivity index (χ1v) is 4.90. The summed E-state index contributed by atoms with van der Waals surface area (Å²) >= 11 is 0. The van der Waals surface area contributed by atoms with Gasteiger partial charge in [-0.15, -0.1) is 5.10 Å². The van der Waals surface area contributed by atoms with Crippen molar-refractivity contribution in [2.24, 2.45) is 0 Å². The first-order chi connectivity index (χ1) is 7.84. The minimum atomic E-state index is -0.322. The Balaban J connectivity index is 2.26. The fourth-order valence-corrected chi connectivity index (χ4v) is 1.67. The van der Waals surface area contributed by atoms with Crippen molar-refractivity contribution in [2.45, 2.75) is 0 Å². The Kier molecular flexibility index (Phi) is 1.93. The number of fused-ring (bicyclic) bond motifs is 1. The van der Waals surface area contributed by atoms with Crippen LogP contribution in [-0.2, 0) is 0 Å². The van der Waals surface area contributed by atoms with Gasteiger partial charge in [-0.2, -0.15) is 0 Å². The third-order valence-corrected chi connectivity index (χ3v) is 2.42. The van der Waals surface area contributed by atoms with Crippen molar-refractivity contribution >= 4 is 5.52 Å². The van der Waals surface area contributed by atoms with Crippen LogP contribution in [0.1, 0.15) is 0 Å². The summed E-state index contributed by atoms with van der Waals surface area (Å²) in [6.07, 6.45) is 1.31. The lowest BCUT2D eigenvalue weighted by Gasteiger charge is -1.96. The first kappa shape index (κ1) is 9.03. The van der Waals surface area contributed by atoms with Gasteiger partial charge in [-0.05, 0) is 12.1 Å². The van der Waals surface area contributed by atoms with E-state index in [0.717, 1.165) is 16.8 Å². The average Bonchev–Trinajstić information content (AvgIpc) is 2.73. The summed E-state index contributed by atoms with van der Waals surface area (Å²) in [5.74, 6) is -0.322. The lowest BCUT2D eigenvalue weighted by molar-refractivity contribution is 0.612. The van der Waals surface area contributed by atoms with Crippen LogP contribution in [0.15, 0.2) is 48.7 Å². The quantitative estimate of drug-likeness (QED) is 0.621. The third-order valence-electron chi connectivity index (χ3n) is 2.42. The Morgan fingerprint density at radius 3 is 2.62 bits per heavy atom. The zero-order valence-electron chi connectivity index (χ0n) is 8.34.